The van der Waals surface area contributed by atoms with E-state index in [-0.39, 0.29) is 0 Å². The van der Waals surface area contributed by atoms with Crippen LogP contribution in [0.25, 0.3) is 0 Å². The van der Waals surface area contributed by atoms with Gasteiger partial charge < -0.3 is 24.6 Å². The monoisotopic (exact) mass is 334 g/mol. The normalized spacial score (nSPS) is 16.0. The van der Waals surface area contributed by atoms with E-state index in [1.807, 2.05) is 25.1 Å². The van der Waals surface area contributed by atoms with Crippen molar-refractivity contribution in [2.24, 2.45) is 4.99 Å². The minimum atomic E-state index is 0.460. The van der Waals surface area contributed by atoms with Crippen LogP contribution in [-0.4, -0.2) is 64.9 Å². The van der Waals surface area contributed by atoms with Crippen molar-refractivity contribution >= 4 is 11.6 Å². The van der Waals surface area contributed by atoms with Gasteiger partial charge in [-0.3, -0.25) is 4.99 Å². The van der Waals surface area contributed by atoms with Gasteiger partial charge in [-0.2, -0.15) is 0 Å². The topological polar surface area (TPSA) is 49.3 Å². The number of nitrogens with zero attached hydrogens (tertiary/aromatic N) is 3. The van der Waals surface area contributed by atoms with Crippen LogP contribution in [0.15, 0.2) is 23.2 Å². The fourth-order valence-corrected chi connectivity index (χ4v) is 2.91. The lowest BCUT2D eigenvalue weighted by atomic mass is 10.0. The Morgan fingerprint density at radius 2 is 1.75 bits per heavy atom. The number of methoxy groups -OCH3 is 2. The first-order valence-corrected chi connectivity index (χ1v) is 8.53. The predicted octanol–water partition coefficient (Wildman–Crippen LogP) is 2.20. The van der Waals surface area contributed by atoms with Gasteiger partial charge in [-0.1, -0.05) is 0 Å². The Bertz CT molecular complexity index is 530. The average molecular weight is 334 g/mol. The van der Waals surface area contributed by atoms with Gasteiger partial charge in [0.1, 0.15) is 11.5 Å². The van der Waals surface area contributed by atoms with Crippen LogP contribution in [0.2, 0.25) is 0 Å². The van der Waals surface area contributed by atoms with Crippen LogP contribution in [0, 0.1) is 0 Å². The smallest absolute Gasteiger partial charge is 0.193 e. The molecule has 24 heavy (non-hydrogen) atoms. The molecule has 6 nitrogen and oxygen atoms in total. The summed E-state index contributed by atoms with van der Waals surface area (Å²) in [6, 6.07) is 6.50. The molecule has 2 rings (SSSR count). The van der Waals surface area contributed by atoms with Crippen molar-refractivity contribution in [1.82, 2.24) is 10.2 Å². The van der Waals surface area contributed by atoms with Gasteiger partial charge in [0.2, 0.25) is 0 Å². The van der Waals surface area contributed by atoms with E-state index in [4.69, 9.17) is 9.47 Å². The zero-order valence-electron chi connectivity index (χ0n) is 15.5. The molecule has 0 unspecified atom stereocenters. The molecule has 134 valence electrons. The zero-order chi connectivity index (χ0) is 17.5. The number of anilines is 1. The third-order valence-electron chi connectivity index (χ3n) is 4.26. The number of nitrogens with one attached hydrogen (secondary N) is 1. The standard InChI is InChI=1S/C18H30N4O2/c1-6-19-18(21(2)3)20-14-7-9-22(10-8-14)15-11-16(23-4)13-17(12-15)24-5/h11-14H,6-10H2,1-5H3,(H,19,20). The van der Waals surface area contributed by atoms with Crippen LogP contribution in [-0.2, 0) is 0 Å². The van der Waals surface area contributed by atoms with Gasteiger partial charge in [-0.25, -0.2) is 0 Å². The maximum atomic E-state index is 5.37. The van der Waals surface area contributed by atoms with Crippen molar-refractivity contribution in [3.05, 3.63) is 18.2 Å². The summed E-state index contributed by atoms with van der Waals surface area (Å²) in [5.41, 5.74) is 1.15. The lowest BCUT2D eigenvalue weighted by Gasteiger charge is -2.35. The first-order valence-electron chi connectivity index (χ1n) is 8.53. The summed E-state index contributed by atoms with van der Waals surface area (Å²) in [7, 11) is 7.42. The van der Waals surface area contributed by atoms with E-state index < -0.39 is 0 Å². The van der Waals surface area contributed by atoms with Crippen LogP contribution < -0.4 is 19.7 Å². The molecule has 0 aliphatic carbocycles. The van der Waals surface area contributed by atoms with Crippen LogP contribution >= 0.6 is 0 Å². The number of ether oxygens (including phenoxy) is 2. The van der Waals surface area contributed by atoms with Crippen molar-refractivity contribution in [2.75, 3.05) is 52.8 Å². The Morgan fingerprint density at radius 3 is 2.21 bits per heavy atom. The summed E-state index contributed by atoms with van der Waals surface area (Å²) in [6.45, 7) is 4.86. The molecule has 1 aliphatic heterocycles. The number of guanidine groups is 1. The first-order chi connectivity index (χ1) is 11.6. The van der Waals surface area contributed by atoms with Gasteiger partial charge >= 0.3 is 0 Å². The fourth-order valence-electron chi connectivity index (χ4n) is 2.91. The lowest BCUT2D eigenvalue weighted by molar-refractivity contribution is 0.393. The fraction of sp³-hybridized carbons (Fsp3) is 0.611. The maximum Gasteiger partial charge on any atom is 0.193 e. The van der Waals surface area contributed by atoms with Gasteiger partial charge in [-0.15, -0.1) is 0 Å². The molecule has 0 saturated carbocycles. The zero-order valence-corrected chi connectivity index (χ0v) is 15.5. The van der Waals surface area contributed by atoms with Gasteiger partial charge in [0.25, 0.3) is 0 Å². The number of hydrogen-bond donors (Lipinski definition) is 1. The van der Waals surface area contributed by atoms with Crippen LogP contribution in [0.4, 0.5) is 5.69 Å². The number of benzene rings is 1. The summed E-state index contributed by atoms with van der Waals surface area (Å²) >= 11 is 0. The lowest BCUT2D eigenvalue weighted by Crippen LogP contribution is -2.48. The Labute approximate surface area is 145 Å². The molecule has 0 spiro atoms. The quantitative estimate of drug-likeness (QED) is 0.661. The highest BCUT2D eigenvalue weighted by atomic mass is 16.5. The number of aliphatic imine (C=N–C) groups is 1. The summed E-state index contributed by atoms with van der Waals surface area (Å²) in [4.78, 5) is 8.95. The highest BCUT2D eigenvalue weighted by molar-refractivity contribution is 5.79. The second-order valence-electron chi connectivity index (χ2n) is 6.17. The Morgan fingerprint density at radius 1 is 1.17 bits per heavy atom. The number of piperidine rings is 1. The summed E-state index contributed by atoms with van der Waals surface area (Å²) in [5.74, 6) is 2.63. The largest absolute Gasteiger partial charge is 0.497 e. The first kappa shape index (κ1) is 18.2. The molecule has 0 aromatic heterocycles. The van der Waals surface area contributed by atoms with Crippen molar-refractivity contribution in [3.63, 3.8) is 0 Å². The highest BCUT2D eigenvalue weighted by Crippen LogP contribution is 2.30. The van der Waals surface area contributed by atoms with Crippen LogP contribution in [0.3, 0.4) is 0 Å². The van der Waals surface area contributed by atoms with Gasteiger partial charge in [0.05, 0.1) is 14.2 Å². The number of rotatable bonds is 5. The van der Waals surface area contributed by atoms with Crippen LogP contribution in [0.5, 0.6) is 11.5 Å². The second kappa shape index (κ2) is 8.66. The van der Waals surface area contributed by atoms with Crippen LogP contribution in [0.1, 0.15) is 19.8 Å². The van der Waals surface area contributed by atoms with E-state index in [1.54, 1.807) is 14.2 Å². The summed E-state index contributed by atoms with van der Waals surface area (Å²) < 4.78 is 10.7. The average Bonchev–Trinajstić information content (AvgIpc) is 2.61. The highest BCUT2D eigenvalue weighted by Gasteiger charge is 2.21. The molecular formula is C18H30N4O2. The SMILES string of the molecule is CCN=C(NC1CCN(c2cc(OC)cc(OC)c2)CC1)N(C)C. The van der Waals surface area contributed by atoms with E-state index in [9.17, 15) is 0 Å². The third kappa shape index (κ3) is 4.69. The summed E-state index contributed by atoms with van der Waals surface area (Å²) in [5, 5.41) is 3.57. The molecule has 1 heterocycles. The molecule has 1 aromatic rings. The van der Waals surface area contributed by atoms with Crippen molar-refractivity contribution in [3.8, 4) is 11.5 Å². The molecule has 0 bridgehead atoms. The molecular weight excluding hydrogens is 304 g/mol. The van der Waals surface area contributed by atoms with Gasteiger partial charge in [-0.05, 0) is 19.8 Å². The van der Waals surface area contributed by atoms with E-state index in [0.29, 0.717) is 6.04 Å². The van der Waals surface area contributed by atoms with Gasteiger partial charge in [0, 0.05) is 63.7 Å². The molecule has 1 N–H and O–H groups in total. The third-order valence-corrected chi connectivity index (χ3v) is 4.26. The molecule has 1 aromatic carbocycles. The Kier molecular flexibility index (Phi) is 6.58. The minimum absolute atomic E-state index is 0.460. The molecule has 6 heteroatoms. The Hall–Kier alpha value is -2.11. The molecule has 1 saturated heterocycles. The molecule has 0 amide bonds. The second-order valence-corrected chi connectivity index (χ2v) is 6.17. The van der Waals surface area contributed by atoms with E-state index >= 15 is 0 Å². The van der Waals surface area contributed by atoms with E-state index in [1.165, 1.54) is 0 Å². The van der Waals surface area contributed by atoms with Crippen molar-refractivity contribution < 1.29 is 9.47 Å². The molecule has 1 aliphatic rings. The molecule has 0 atom stereocenters. The minimum Gasteiger partial charge on any atom is -0.497 e. The van der Waals surface area contributed by atoms with E-state index in [0.717, 1.165) is 55.6 Å². The molecule has 1 fully saturated rings. The predicted molar refractivity (Wildman–Crippen MR) is 99.6 cm³/mol. The maximum absolute atomic E-state index is 5.37. The van der Waals surface area contributed by atoms with Crippen molar-refractivity contribution in [1.29, 1.82) is 0 Å². The molecule has 0 radical (unpaired) electrons. The van der Waals surface area contributed by atoms with Crippen molar-refractivity contribution in [2.45, 2.75) is 25.8 Å². The number of hydrogen-bond acceptors (Lipinski definition) is 4. The Balaban J connectivity index is 1.99. The summed E-state index contributed by atoms with van der Waals surface area (Å²) in [6.07, 6.45) is 2.16. The van der Waals surface area contributed by atoms with Gasteiger partial charge in [0.15, 0.2) is 5.96 Å². The van der Waals surface area contributed by atoms with E-state index in [2.05, 4.69) is 34.3 Å².